The van der Waals surface area contributed by atoms with Crippen LogP contribution in [-0.4, -0.2) is 41.7 Å². The summed E-state index contributed by atoms with van der Waals surface area (Å²) in [6, 6.07) is 3.57. The van der Waals surface area contributed by atoms with Crippen LogP contribution < -0.4 is 10.2 Å². The zero-order chi connectivity index (χ0) is 15.1. The predicted octanol–water partition coefficient (Wildman–Crippen LogP) is 1.67. The van der Waals surface area contributed by atoms with E-state index in [0.29, 0.717) is 5.56 Å². The summed E-state index contributed by atoms with van der Waals surface area (Å²) in [5.41, 5.74) is 0.540. The first-order chi connectivity index (χ1) is 9.53. The van der Waals surface area contributed by atoms with Crippen molar-refractivity contribution in [2.75, 3.05) is 24.6 Å². The molecular weight excluding hydrogens is 254 g/mol. The third kappa shape index (κ3) is 4.20. The SMILES string of the molecule is CCN(CC)c1ccc(C(=O)NC(C)C(C)CO)cn1. The van der Waals surface area contributed by atoms with Crippen molar-refractivity contribution in [1.82, 2.24) is 10.3 Å². The Labute approximate surface area is 121 Å². The van der Waals surface area contributed by atoms with Gasteiger partial charge in [0.25, 0.3) is 5.91 Å². The molecule has 0 saturated carbocycles. The number of hydrogen-bond donors (Lipinski definition) is 2. The molecule has 0 spiro atoms. The van der Waals surface area contributed by atoms with Crippen LogP contribution in [0.25, 0.3) is 0 Å². The van der Waals surface area contributed by atoms with E-state index in [1.807, 2.05) is 19.9 Å². The number of carbonyl (C=O) groups is 1. The average molecular weight is 279 g/mol. The number of amides is 1. The Morgan fingerprint density at radius 3 is 2.45 bits per heavy atom. The fourth-order valence-electron chi connectivity index (χ4n) is 1.85. The molecule has 2 N–H and O–H groups in total. The molecule has 1 heterocycles. The molecule has 112 valence electrons. The van der Waals surface area contributed by atoms with Crippen LogP contribution in [0.1, 0.15) is 38.1 Å². The monoisotopic (exact) mass is 279 g/mol. The molecule has 2 unspecified atom stereocenters. The number of anilines is 1. The van der Waals surface area contributed by atoms with Crippen molar-refractivity contribution in [3.05, 3.63) is 23.9 Å². The minimum Gasteiger partial charge on any atom is -0.396 e. The van der Waals surface area contributed by atoms with E-state index < -0.39 is 0 Å². The lowest BCUT2D eigenvalue weighted by atomic mass is 10.0. The Hall–Kier alpha value is -1.62. The lowest BCUT2D eigenvalue weighted by molar-refractivity contribution is 0.0916. The van der Waals surface area contributed by atoms with Crippen molar-refractivity contribution in [2.24, 2.45) is 5.92 Å². The summed E-state index contributed by atoms with van der Waals surface area (Å²) in [4.78, 5) is 18.5. The quantitative estimate of drug-likeness (QED) is 0.797. The van der Waals surface area contributed by atoms with E-state index in [4.69, 9.17) is 5.11 Å². The van der Waals surface area contributed by atoms with E-state index in [-0.39, 0.29) is 24.5 Å². The van der Waals surface area contributed by atoms with Crippen molar-refractivity contribution in [3.63, 3.8) is 0 Å². The van der Waals surface area contributed by atoms with Crippen LogP contribution in [0.5, 0.6) is 0 Å². The number of aromatic nitrogens is 1. The lowest BCUT2D eigenvalue weighted by Gasteiger charge is -2.21. The van der Waals surface area contributed by atoms with E-state index in [1.165, 1.54) is 0 Å². The lowest BCUT2D eigenvalue weighted by Crippen LogP contribution is -2.38. The minimum absolute atomic E-state index is 0.0295. The van der Waals surface area contributed by atoms with Crippen LogP contribution in [0.2, 0.25) is 0 Å². The van der Waals surface area contributed by atoms with Gasteiger partial charge in [0.2, 0.25) is 0 Å². The van der Waals surface area contributed by atoms with Gasteiger partial charge in [-0.1, -0.05) is 6.92 Å². The van der Waals surface area contributed by atoms with Gasteiger partial charge in [-0.05, 0) is 38.8 Å². The van der Waals surface area contributed by atoms with Gasteiger partial charge in [0.1, 0.15) is 5.82 Å². The van der Waals surface area contributed by atoms with E-state index in [9.17, 15) is 4.79 Å². The summed E-state index contributed by atoms with van der Waals surface area (Å²) in [5, 5.41) is 11.9. The highest BCUT2D eigenvalue weighted by Gasteiger charge is 2.15. The van der Waals surface area contributed by atoms with Crippen LogP contribution in [0.15, 0.2) is 18.3 Å². The molecule has 5 heteroatoms. The zero-order valence-electron chi connectivity index (χ0n) is 12.8. The van der Waals surface area contributed by atoms with Crippen LogP contribution in [0, 0.1) is 5.92 Å². The van der Waals surface area contributed by atoms with Crippen molar-refractivity contribution < 1.29 is 9.90 Å². The smallest absolute Gasteiger partial charge is 0.253 e. The maximum absolute atomic E-state index is 12.0. The molecule has 1 rings (SSSR count). The fraction of sp³-hybridized carbons (Fsp3) is 0.600. The topological polar surface area (TPSA) is 65.5 Å². The summed E-state index contributed by atoms with van der Waals surface area (Å²) in [5.74, 6) is 0.751. The molecule has 0 aromatic carbocycles. The van der Waals surface area contributed by atoms with Crippen molar-refractivity contribution in [1.29, 1.82) is 0 Å². The first-order valence-corrected chi connectivity index (χ1v) is 7.16. The number of nitrogens with one attached hydrogen (secondary N) is 1. The highest BCUT2D eigenvalue weighted by molar-refractivity contribution is 5.94. The summed E-state index contributed by atoms with van der Waals surface area (Å²) in [6.45, 7) is 9.76. The molecule has 20 heavy (non-hydrogen) atoms. The number of hydrogen-bond acceptors (Lipinski definition) is 4. The minimum atomic E-state index is -0.156. The summed E-state index contributed by atoms with van der Waals surface area (Å²) >= 11 is 0. The third-order valence-electron chi connectivity index (χ3n) is 3.60. The molecule has 1 aromatic heterocycles. The Morgan fingerprint density at radius 2 is 2.00 bits per heavy atom. The van der Waals surface area contributed by atoms with Gasteiger partial charge in [0.05, 0.1) is 5.56 Å². The number of carbonyl (C=O) groups excluding carboxylic acids is 1. The second kappa shape index (κ2) is 7.85. The zero-order valence-corrected chi connectivity index (χ0v) is 12.8. The Kier molecular flexibility index (Phi) is 6.45. The van der Waals surface area contributed by atoms with Crippen molar-refractivity contribution in [2.45, 2.75) is 33.7 Å². The second-order valence-corrected chi connectivity index (χ2v) is 5.00. The summed E-state index contributed by atoms with van der Waals surface area (Å²) in [7, 11) is 0. The Morgan fingerprint density at radius 1 is 1.35 bits per heavy atom. The largest absolute Gasteiger partial charge is 0.396 e. The molecule has 5 nitrogen and oxygen atoms in total. The normalized spacial score (nSPS) is 13.7. The first kappa shape index (κ1) is 16.4. The van der Waals surface area contributed by atoms with Crippen LogP contribution >= 0.6 is 0 Å². The Balaban J connectivity index is 2.71. The van der Waals surface area contributed by atoms with Gasteiger partial charge in [-0.3, -0.25) is 4.79 Å². The third-order valence-corrected chi connectivity index (χ3v) is 3.60. The van der Waals surface area contributed by atoms with E-state index in [1.54, 1.807) is 12.3 Å². The van der Waals surface area contributed by atoms with Gasteiger partial charge in [0, 0.05) is 31.9 Å². The standard InChI is InChI=1S/C15H25N3O2/c1-5-18(6-2)14-8-7-13(9-16-14)15(20)17-12(4)11(3)10-19/h7-9,11-12,19H,5-6,10H2,1-4H3,(H,17,20). The fourth-order valence-corrected chi connectivity index (χ4v) is 1.85. The van der Waals surface area contributed by atoms with Gasteiger partial charge >= 0.3 is 0 Å². The molecule has 2 atom stereocenters. The number of aliphatic hydroxyl groups excluding tert-OH is 1. The predicted molar refractivity (Wildman–Crippen MR) is 81.0 cm³/mol. The molecule has 0 aliphatic rings. The maximum Gasteiger partial charge on any atom is 0.253 e. The van der Waals surface area contributed by atoms with E-state index in [2.05, 4.69) is 29.0 Å². The molecule has 1 aromatic rings. The molecule has 1 amide bonds. The van der Waals surface area contributed by atoms with Gasteiger partial charge in [-0.2, -0.15) is 0 Å². The molecular formula is C15H25N3O2. The molecule has 0 bridgehead atoms. The number of nitrogens with zero attached hydrogens (tertiary/aromatic N) is 2. The second-order valence-electron chi connectivity index (χ2n) is 5.00. The van der Waals surface area contributed by atoms with Crippen molar-refractivity contribution >= 4 is 11.7 Å². The maximum atomic E-state index is 12.0. The van der Waals surface area contributed by atoms with Crippen LogP contribution in [0.3, 0.4) is 0 Å². The average Bonchev–Trinajstić information content (AvgIpc) is 2.48. The summed E-state index contributed by atoms with van der Waals surface area (Å²) in [6.07, 6.45) is 1.60. The van der Waals surface area contributed by atoms with Crippen LogP contribution in [-0.2, 0) is 0 Å². The van der Waals surface area contributed by atoms with Gasteiger partial charge in [-0.15, -0.1) is 0 Å². The summed E-state index contributed by atoms with van der Waals surface area (Å²) < 4.78 is 0. The number of rotatable bonds is 7. The molecule has 0 saturated heterocycles. The molecule has 0 aliphatic heterocycles. The van der Waals surface area contributed by atoms with E-state index >= 15 is 0 Å². The van der Waals surface area contributed by atoms with Gasteiger partial charge in [0.15, 0.2) is 0 Å². The van der Waals surface area contributed by atoms with Crippen LogP contribution in [0.4, 0.5) is 5.82 Å². The highest BCUT2D eigenvalue weighted by Crippen LogP contribution is 2.11. The number of aliphatic hydroxyl groups is 1. The number of pyridine rings is 1. The first-order valence-electron chi connectivity index (χ1n) is 7.16. The van der Waals surface area contributed by atoms with Gasteiger partial charge < -0.3 is 15.3 Å². The molecule has 0 aliphatic carbocycles. The Bertz CT molecular complexity index is 416. The van der Waals surface area contributed by atoms with E-state index in [0.717, 1.165) is 18.9 Å². The van der Waals surface area contributed by atoms with Gasteiger partial charge in [-0.25, -0.2) is 4.98 Å². The highest BCUT2D eigenvalue weighted by atomic mass is 16.3. The molecule has 0 fully saturated rings. The molecule has 0 radical (unpaired) electrons. The van der Waals surface area contributed by atoms with Crippen molar-refractivity contribution in [3.8, 4) is 0 Å².